The van der Waals surface area contributed by atoms with Gasteiger partial charge in [0.05, 0.1) is 12.7 Å². The van der Waals surface area contributed by atoms with E-state index in [0.29, 0.717) is 18.7 Å². The molecule has 2 aromatic rings. The first kappa shape index (κ1) is 15.0. The van der Waals surface area contributed by atoms with Crippen molar-refractivity contribution in [3.05, 3.63) is 65.5 Å². The number of para-hydroxylation sites is 1. The van der Waals surface area contributed by atoms with Crippen molar-refractivity contribution < 1.29 is 14.2 Å². The van der Waals surface area contributed by atoms with Gasteiger partial charge in [-0.2, -0.15) is 0 Å². The standard InChI is InChI=1S/C18H20FNO2/c1-12(16-11-22-18-5-3-2-4-15(16)18)20-10-17(21)13-6-8-14(19)9-7-13/h2-9,12,16-17,20-21H,10-11H2,1H3/t12-,16-,17+/m0/s1. The van der Waals surface area contributed by atoms with Gasteiger partial charge < -0.3 is 15.2 Å². The average Bonchev–Trinajstić information content (AvgIpc) is 2.97. The average molecular weight is 301 g/mol. The second-order valence-corrected chi connectivity index (χ2v) is 5.72. The Labute approximate surface area is 129 Å². The summed E-state index contributed by atoms with van der Waals surface area (Å²) in [6.45, 7) is 3.17. The Hall–Kier alpha value is -1.91. The first-order valence-electron chi connectivity index (χ1n) is 7.54. The molecule has 22 heavy (non-hydrogen) atoms. The van der Waals surface area contributed by atoms with Crippen molar-refractivity contribution in [3.63, 3.8) is 0 Å². The first-order valence-corrected chi connectivity index (χ1v) is 7.54. The van der Waals surface area contributed by atoms with Crippen molar-refractivity contribution in [2.75, 3.05) is 13.2 Å². The third-order valence-electron chi connectivity index (χ3n) is 4.23. The molecule has 116 valence electrons. The molecule has 1 heterocycles. The molecule has 0 amide bonds. The molecular formula is C18H20FNO2. The van der Waals surface area contributed by atoms with Crippen LogP contribution in [0.2, 0.25) is 0 Å². The van der Waals surface area contributed by atoms with E-state index in [4.69, 9.17) is 4.74 Å². The van der Waals surface area contributed by atoms with Gasteiger partial charge in [-0.25, -0.2) is 4.39 Å². The number of halogens is 1. The minimum Gasteiger partial charge on any atom is -0.493 e. The van der Waals surface area contributed by atoms with Gasteiger partial charge in [0.15, 0.2) is 0 Å². The molecule has 3 nitrogen and oxygen atoms in total. The molecule has 0 spiro atoms. The quantitative estimate of drug-likeness (QED) is 0.892. The molecule has 4 heteroatoms. The summed E-state index contributed by atoms with van der Waals surface area (Å²) in [5.41, 5.74) is 1.92. The Morgan fingerprint density at radius 3 is 2.73 bits per heavy atom. The highest BCUT2D eigenvalue weighted by Gasteiger charge is 2.28. The summed E-state index contributed by atoms with van der Waals surface area (Å²) in [7, 11) is 0. The Kier molecular flexibility index (Phi) is 4.41. The van der Waals surface area contributed by atoms with Gasteiger partial charge in [0.2, 0.25) is 0 Å². The van der Waals surface area contributed by atoms with Crippen LogP contribution < -0.4 is 10.1 Å². The van der Waals surface area contributed by atoms with Crippen LogP contribution in [0, 0.1) is 5.82 Å². The molecule has 0 unspecified atom stereocenters. The maximum absolute atomic E-state index is 12.9. The number of aliphatic hydroxyl groups is 1. The van der Waals surface area contributed by atoms with Crippen molar-refractivity contribution >= 4 is 0 Å². The van der Waals surface area contributed by atoms with Crippen LogP contribution >= 0.6 is 0 Å². The molecule has 0 aromatic heterocycles. The lowest BCUT2D eigenvalue weighted by Crippen LogP contribution is -2.35. The van der Waals surface area contributed by atoms with Crippen LogP contribution in [-0.4, -0.2) is 24.3 Å². The highest BCUT2D eigenvalue weighted by Crippen LogP contribution is 2.35. The van der Waals surface area contributed by atoms with E-state index in [-0.39, 0.29) is 17.8 Å². The lowest BCUT2D eigenvalue weighted by molar-refractivity contribution is 0.167. The predicted octanol–water partition coefficient (Wildman–Crippen LogP) is 3.01. The maximum Gasteiger partial charge on any atom is 0.123 e. The van der Waals surface area contributed by atoms with Crippen molar-refractivity contribution in [2.24, 2.45) is 0 Å². The zero-order chi connectivity index (χ0) is 15.5. The highest BCUT2D eigenvalue weighted by atomic mass is 19.1. The van der Waals surface area contributed by atoms with Gasteiger partial charge in [-0.05, 0) is 30.7 Å². The van der Waals surface area contributed by atoms with Crippen molar-refractivity contribution in [1.82, 2.24) is 5.32 Å². The summed E-state index contributed by atoms with van der Waals surface area (Å²) in [6.07, 6.45) is -0.652. The number of fused-ring (bicyclic) bond motifs is 1. The SMILES string of the molecule is C[C@H](NC[C@@H](O)c1ccc(F)cc1)[C@@H]1COc2ccccc21. The zero-order valence-corrected chi connectivity index (χ0v) is 12.5. The van der Waals surface area contributed by atoms with Crippen LogP contribution in [0.25, 0.3) is 0 Å². The summed E-state index contributed by atoms with van der Waals surface area (Å²) in [5.74, 6) is 0.925. The van der Waals surface area contributed by atoms with Gasteiger partial charge >= 0.3 is 0 Å². The van der Waals surface area contributed by atoms with Gasteiger partial charge in [0, 0.05) is 24.1 Å². The van der Waals surface area contributed by atoms with Crippen molar-refractivity contribution in [3.8, 4) is 5.75 Å². The first-order chi connectivity index (χ1) is 10.6. The smallest absolute Gasteiger partial charge is 0.123 e. The van der Waals surface area contributed by atoms with Gasteiger partial charge in [-0.3, -0.25) is 0 Å². The van der Waals surface area contributed by atoms with Crippen molar-refractivity contribution in [2.45, 2.75) is 25.0 Å². The van der Waals surface area contributed by atoms with Crippen LogP contribution in [0.1, 0.15) is 30.1 Å². The van der Waals surface area contributed by atoms with E-state index in [1.54, 1.807) is 12.1 Å². The minimum absolute atomic E-state index is 0.179. The maximum atomic E-state index is 12.9. The Morgan fingerprint density at radius 2 is 1.95 bits per heavy atom. The van der Waals surface area contributed by atoms with Crippen LogP contribution in [-0.2, 0) is 0 Å². The molecule has 0 fully saturated rings. The van der Waals surface area contributed by atoms with Crippen LogP contribution in [0.3, 0.4) is 0 Å². The Morgan fingerprint density at radius 1 is 1.23 bits per heavy atom. The van der Waals surface area contributed by atoms with Crippen LogP contribution in [0.4, 0.5) is 4.39 Å². The van der Waals surface area contributed by atoms with Gasteiger partial charge in [0.1, 0.15) is 11.6 Å². The molecule has 3 rings (SSSR count). The molecule has 0 saturated carbocycles. The molecule has 1 aliphatic rings. The molecule has 2 aromatic carbocycles. The third-order valence-corrected chi connectivity index (χ3v) is 4.23. The highest BCUT2D eigenvalue weighted by molar-refractivity contribution is 5.40. The van der Waals surface area contributed by atoms with E-state index in [9.17, 15) is 9.50 Å². The number of benzene rings is 2. The molecule has 2 N–H and O–H groups in total. The minimum atomic E-state index is -0.652. The Balaban J connectivity index is 1.59. The van der Waals surface area contributed by atoms with Gasteiger partial charge in [0.25, 0.3) is 0 Å². The number of aliphatic hydroxyl groups excluding tert-OH is 1. The van der Waals surface area contributed by atoms with Gasteiger partial charge in [-0.15, -0.1) is 0 Å². The fourth-order valence-electron chi connectivity index (χ4n) is 2.84. The number of rotatable bonds is 5. The van der Waals surface area contributed by atoms with Crippen molar-refractivity contribution in [1.29, 1.82) is 0 Å². The molecule has 0 aliphatic carbocycles. The van der Waals surface area contributed by atoms with E-state index < -0.39 is 6.10 Å². The van der Waals surface area contributed by atoms with E-state index in [2.05, 4.69) is 18.3 Å². The normalized spacial score (nSPS) is 19.3. The summed E-state index contributed by atoms with van der Waals surface area (Å²) < 4.78 is 18.6. The fourth-order valence-corrected chi connectivity index (χ4v) is 2.84. The molecule has 1 aliphatic heterocycles. The van der Waals surface area contributed by atoms with Crippen LogP contribution in [0.5, 0.6) is 5.75 Å². The molecule has 0 saturated heterocycles. The Bertz CT molecular complexity index is 629. The van der Waals surface area contributed by atoms with E-state index in [1.165, 1.54) is 17.7 Å². The lowest BCUT2D eigenvalue weighted by Gasteiger charge is -2.22. The monoisotopic (exact) mass is 301 g/mol. The van der Waals surface area contributed by atoms with E-state index in [0.717, 1.165) is 5.75 Å². The topological polar surface area (TPSA) is 41.5 Å². The second kappa shape index (κ2) is 6.46. The van der Waals surface area contributed by atoms with Gasteiger partial charge in [-0.1, -0.05) is 30.3 Å². The predicted molar refractivity (Wildman–Crippen MR) is 83.5 cm³/mol. The summed E-state index contributed by atoms with van der Waals surface area (Å²) in [6, 6.07) is 14.2. The summed E-state index contributed by atoms with van der Waals surface area (Å²) >= 11 is 0. The molecule has 0 radical (unpaired) electrons. The number of hydrogen-bond acceptors (Lipinski definition) is 3. The molecular weight excluding hydrogens is 281 g/mol. The summed E-state index contributed by atoms with van der Waals surface area (Å²) in [4.78, 5) is 0. The number of hydrogen-bond donors (Lipinski definition) is 2. The fraction of sp³-hybridized carbons (Fsp3) is 0.333. The number of ether oxygens (including phenoxy) is 1. The lowest BCUT2D eigenvalue weighted by atomic mass is 9.94. The second-order valence-electron chi connectivity index (χ2n) is 5.72. The number of nitrogens with one attached hydrogen (secondary N) is 1. The third kappa shape index (κ3) is 3.13. The largest absolute Gasteiger partial charge is 0.493 e. The molecule has 3 atom stereocenters. The molecule has 0 bridgehead atoms. The van der Waals surface area contributed by atoms with E-state index >= 15 is 0 Å². The summed E-state index contributed by atoms with van der Waals surface area (Å²) in [5, 5.41) is 13.5. The van der Waals surface area contributed by atoms with E-state index in [1.807, 2.05) is 18.2 Å². The van der Waals surface area contributed by atoms with Crippen LogP contribution in [0.15, 0.2) is 48.5 Å². The zero-order valence-electron chi connectivity index (χ0n) is 12.5.